The Morgan fingerprint density at radius 1 is 1.14 bits per heavy atom. The predicted molar refractivity (Wildman–Crippen MR) is 113 cm³/mol. The third kappa shape index (κ3) is 4.28. The maximum atomic E-state index is 12.8. The van der Waals surface area contributed by atoms with Crippen LogP contribution in [0.1, 0.15) is 36.8 Å². The zero-order chi connectivity index (χ0) is 20.2. The SMILES string of the molecule is COc1ccc(CCNc2ncnc3c2CN(C2CCCC2)C(=O)CN3C)cc1. The van der Waals surface area contributed by atoms with Gasteiger partial charge >= 0.3 is 0 Å². The van der Waals surface area contributed by atoms with Crippen LogP contribution < -0.4 is 15.0 Å². The summed E-state index contributed by atoms with van der Waals surface area (Å²) in [5.74, 6) is 2.72. The van der Waals surface area contributed by atoms with Crippen LogP contribution >= 0.6 is 0 Å². The van der Waals surface area contributed by atoms with E-state index in [1.807, 2.05) is 29.0 Å². The molecule has 1 aromatic carbocycles. The first-order chi connectivity index (χ1) is 14.2. The van der Waals surface area contributed by atoms with Gasteiger partial charge in [0.05, 0.1) is 25.8 Å². The fourth-order valence-electron chi connectivity index (χ4n) is 4.32. The van der Waals surface area contributed by atoms with Crippen molar-refractivity contribution in [2.24, 2.45) is 0 Å². The molecule has 2 aromatic rings. The molecule has 154 valence electrons. The smallest absolute Gasteiger partial charge is 0.242 e. The van der Waals surface area contributed by atoms with E-state index in [1.165, 1.54) is 18.4 Å². The topological polar surface area (TPSA) is 70.6 Å². The van der Waals surface area contributed by atoms with E-state index in [1.54, 1.807) is 13.4 Å². The number of hydrogen-bond donors (Lipinski definition) is 1. The average Bonchev–Trinajstić information content (AvgIpc) is 3.23. The van der Waals surface area contributed by atoms with Crippen LogP contribution in [0.2, 0.25) is 0 Å². The van der Waals surface area contributed by atoms with Crippen molar-refractivity contribution in [3.63, 3.8) is 0 Å². The Kier molecular flexibility index (Phi) is 5.83. The summed E-state index contributed by atoms with van der Waals surface area (Å²) in [5.41, 5.74) is 2.25. The fourth-order valence-corrected chi connectivity index (χ4v) is 4.32. The quantitative estimate of drug-likeness (QED) is 0.811. The number of carbonyl (C=O) groups is 1. The number of nitrogens with zero attached hydrogens (tertiary/aromatic N) is 4. The average molecular weight is 396 g/mol. The summed E-state index contributed by atoms with van der Waals surface area (Å²) in [6.45, 7) is 1.71. The lowest BCUT2D eigenvalue weighted by molar-refractivity contribution is -0.132. The van der Waals surface area contributed by atoms with E-state index in [9.17, 15) is 4.79 Å². The zero-order valence-electron chi connectivity index (χ0n) is 17.2. The fraction of sp³-hybridized carbons (Fsp3) is 0.500. The van der Waals surface area contributed by atoms with Crippen LogP contribution in [0.3, 0.4) is 0 Å². The first-order valence-corrected chi connectivity index (χ1v) is 10.4. The van der Waals surface area contributed by atoms with Crippen molar-refractivity contribution in [3.8, 4) is 5.75 Å². The number of fused-ring (bicyclic) bond motifs is 1. The molecule has 1 aromatic heterocycles. The molecule has 0 atom stereocenters. The highest BCUT2D eigenvalue weighted by Gasteiger charge is 2.32. The van der Waals surface area contributed by atoms with Crippen LogP contribution in [0.5, 0.6) is 5.75 Å². The van der Waals surface area contributed by atoms with Gasteiger partial charge in [0.1, 0.15) is 23.7 Å². The molecule has 2 heterocycles. The highest BCUT2D eigenvalue weighted by molar-refractivity contribution is 5.84. The number of benzene rings is 1. The first-order valence-electron chi connectivity index (χ1n) is 10.4. The lowest BCUT2D eigenvalue weighted by Gasteiger charge is -2.28. The summed E-state index contributed by atoms with van der Waals surface area (Å²) in [5, 5.41) is 3.48. The van der Waals surface area contributed by atoms with Crippen molar-refractivity contribution < 1.29 is 9.53 Å². The molecule has 1 aliphatic carbocycles. The molecule has 4 rings (SSSR count). The molecule has 7 nitrogen and oxygen atoms in total. The Balaban J connectivity index is 1.50. The van der Waals surface area contributed by atoms with E-state index in [-0.39, 0.29) is 5.91 Å². The van der Waals surface area contributed by atoms with E-state index in [0.717, 1.165) is 48.8 Å². The van der Waals surface area contributed by atoms with Gasteiger partial charge in [-0.3, -0.25) is 4.79 Å². The van der Waals surface area contributed by atoms with Gasteiger partial charge in [-0.25, -0.2) is 9.97 Å². The lowest BCUT2D eigenvalue weighted by atomic mass is 10.1. The molecule has 1 aliphatic heterocycles. The van der Waals surface area contributed by atoms with Crippen molar-refractivity contribution in [2.75, 3.05) is 37.5 Å². The summed E-state index contributed by atoms with van der Waals surface area (Å²) >= 11 is 0. The van der Waals surface area contributed by atoms with E-state index in [4.69, 9.17) is 4.74 Å². The Bertz CT molecular complexity index is 849. The maximum Gasteiger partial charge on any atom is 0.242 e. The van der Waals surface area contributed by atoms with Gasteiger partial charge in [-0.1, -0.05) is 25.0 Å². The van der Waals surface area contributed by atoms with Crippen molar-refractivity contribution >= 4 is 17.5 Å². The molecule has 0 spiro atoms. The molecular weight excluding hydrogens is 366 g/mol. The van der Waals surface area contributed by atoms with Gasteiger partial charge in [0.15, 0.2) is 0 Å². The molecule has 1 N–H and O–H groups in total. The van der Waals surface area contributed by atoms with Crippen molar-refractivity contribution in [3.05, 3.63) is 41.7 Å². The molecule has 0 bridgehead atoms. The van der Waals surface area contributed by atoms with Gasteiger partial charge in [-0.2, -0.15) is 0 Å². The molecular formula is C22H29N5O2. The summed E-state index contributed by atoms with van der Waals surface area (Å²) in [4.78, 5) is 25.8. The standard InChI is InChI=1S/C22H29N5O2/c1-26-14-20(28)27(17-5-3-4-6-17)13-19-21(24-15-25-22(19)26)23-12-11-16-7-9-18(29-2)10-8-16/h7-10,15,17H,3-6,11-14H2,1-2H3,(H,23,24,25). The van der Waals surface area contributed by atoms with Crippen LogP contribution in [0.4, 0.5) is 11.6 Å². The van der Waals surface area contributed by atoms with Crippen molar-refractivity contribution in [1.82, 2.24) is 14.9 Å². The highest BCUT2D eigenvalue weighted by atomic mass is 16.5. The summed E-state index contributed by atoms with van der Waals surface area (Å²) in [6, 6.07) is 8.46. The minimum absolute atomic E-state index is 0.182. The number of likely N-dealkylation sites (N-methyl/N-ethyl adjacent to an activating group) is 1. The maximum absolute atomic E-state index is 12.8. The van der Waals surface area contributed by atoms with Gasteiger partial charge in [0, 0.05) is 19.6 Å². The second kappa shape index (κ2) is 8.68. The third-order valence-corrected chi connectivity index (χ3v) is 5.94. The second-order valence-electron chi connectivity index (χ2n) is 7.87. The Labute approximate surface area is 172 Å². The minimum atomic E-state index is 0.182. The number of methoxy groups -OCH3 is 1. The summed E-state index contributed by atoms with van der Waals surface area (Å²) in [6.07, 6.45) is 7.06. The number of amides is 1. The Morgan fingerprint density at radius 2 is 1.90 bits per heavy atom. The molecule has 2 aliphatic rings. The van der Waals surface area contributed by atoms with Crippen LogP contribution in [-0.4, -0.2) is 54.1 Å². The van der Waals surface area contributed by atoms with Gasteiger partial charge < -0.3 is 19.9 Å². The van der Waals surface area contributed by atoms with Crippen molar-refractivity contribution in [2.45, 2.75) is 44.7 Å². The first kappa shape index (κ1) is 19.5. The molecule has 1 amide bonds. The lowest BCUT2D eigenvalue weighted by Crippen LogP contribution is -2.41. The number of aromatic nitrogens is 2. The number of hydrogen-bond acceptors (Lipinski definition) is 6. The van der Waals surface area contributed by atoms with E-state index < -0.39 is 0 Å². The van der Waals surface area contributed by atoms with E-state index in [2.05, 4.69) is 27.4 Å². The molecule has 0 unspecified atom stereocenters. The molecule has 1 saturated carbocycles. The minimum Gasteiger partial charge on any atom is -0.497 e. The van der Waals surface area contributed by atoms with Crippen LogP contribution in [0.25, 0.3) is 0 Å². The predicted octanol–water partition coefficient (Wildman–Crippen LogP) is 2.86. The Hall–Kier alpha value is -2.83. The van der Waals surface area contributed by atoms with Gasteiger partial charge in [0.2, 0.25) is 5.91 Å². The van der Waals surface area contributed by atoms with Crippen LogP contribution in [-0.2, 0) is 17.8 Å². The Morgan fingerprint density at radius 3 is 2.62 bits per heavy atom. The number of nitrogens with one attached hydrogen (secondary N) is 1. The molecule has 0 saturated heterocycles. The number of anilines is 2. The summed E-state index contributed by atoms with van der Waals surface area (Å²) in [7, 11) is 3.61. The third-order valence-electron chi connectivity index (χ3n) is 5.94. The van der Waals surface area contributed by atoms with Gasteiger partial charge in [-0.15, -0.1) is 0 Å². The molecule has 29 heavy (non-hydrogen) atoms. The highest BCUT2D eigenvalue weighted by Crippen LogP contribution is 2.32. The number of carbonyl (C=O) groups excluding carboxylic acids is 1. The molecule has 1 fully saturated rings. The summed E-state index contributed by atoms with van der Waals surface area (Å²) < 4.78 is 5.22. The largest absolute Gasteiger partial charge is 0.497 e. The number of ether oxygens (including phenoxy) is 1. The van der Waals surface area contributed by atoms with Gasteiger partial charge in [-0.05, 0) is 37.0 Å². The second-order valence-corrected chi connectivity index (χ2v) is 7.87. The normalized spacial score (nSPS) is 17.2. The monoisotopic (exact) mass is 395 g/mol. The van der Waals surface area contributed by atoms with Crippen LogP contribution in [0.15, 0.2) is 30.6 Å². The van der Waals surface area contributed by atoms with E-state index >= 15 is 0 Å². The van der Waals surface area contributed by atoms with Crippen LogP contribution in [0, 0.1) is 0 Å². The van der Waals surface area contributed by atoms with Gasteiger partial charge in [0.25, 0.3) is 0 Å². The number of rotatable bonds is 6. The van der Waals surface area contributed by atoms with E-state index in [0.29, 0.717) is 19.1 Å². The molecule has 7 heteroatoms. The zero-order valence-corrected chi connectivity index (χ0v) is 17.2. The van der Waals surface area contributed by atoms with Crippen molar-refractivity contribution in [1.29, 1.82) is 0 Å². The molecule has 0 radical (unpaired) electrons.